The average molecular weight is 446 g/mol. The van der Waals surface area contributed by atoms with E-state index in [1.807, 2.05) is 18.2 Å². The summed E-state index contributed by atoms with van der Waals surface area (Å²) in [6.45, 7) is 1.88. The third-order valence-electron chi connectivity index (χ3n) is 6.35. The lowest BCUT2D eigenvalue weighted by Crippen LogP contribution is -2.22. The molecule has 2 unspecified atom stereocenters. The highest BCUT2D eigenvalue weighted by Gasteiger charge is 2.32. The molecule has 0 spiro atoms. The zero-order chi connectivity index (χ0) is 23.0. The van der Waals surface area contributed by atoms with Gasteiger partial charge in [-0.2, -0.15) is 0 Å². The molecule has 0 amide bonds. The maximum absolute atomic E-state index is 10.5. The number of hydrogen-bond donors (Lipinski definition) is 3. The number of fused-ring (bicyclic) bond motifs is 1. The molecule has 1 aliphatic rings. The van der Waals surface area contributed by atoms with Crippen LogP contribution in [0.5, 0.6) is 11.5 Å². The second-order valence-electron chi connectivity index (χ2n) is 8.58. The van der Waals surface area contributed by atoms with Crippen molar-refractivity contribution < 1.29 is 19.7 Å². The SMILES string of the molecule is O=C(O)CCCNCCOc1ccc(C2c3ccc(O)cc3CCC2c2ccccc2)cc1. The standard InChI is InChI=1S/C28H31NO4/c30-23-11-15-26-22(19-23)10-14-25(20-5-2-1-3-6-20)28(26)21-8-12-24(13-9-21)33-18-17-29-16-4-7-27(31)32/h1-3,5-6,8-9,11-13,15,19,25,28-30H,4,7,10,14,16-18H2,(H,31,32). The van der Waals surface area contributed by atoms with Crippen LogP contribution in [0, 0.1) is 0 Å². The van der Waals surface area contributed by atoms with Gasteiger partial charge < -0.3 is 20.3 Å². The number of nitrogens with one attached hydrogen (secondary N) is 1. The molecule has 172 valence electrons. The van der Waals surface area contributed by atoms with Crippen molar-refractivity contribution in [2.24, 2.45) is 0 Å². The number of aliphatic carboxylic acids is 1. The minimum absolute atomic E-state index is 0.184. The Morgan fingerprint density at radius 2 is 1.76 bits per heavy atom. The minimum atomic E-state index is -0.764. The Kier molecular flexibility index (Phi) is 7.63. The largest absolute Gasteiger partial charge is 0.508 e. The quantitative estimate of drug-likeness (QED) is 0.379. The van der Waals surface area contributed by atoms with Gasteiger partial charge in [0.2, 0.25) is 0 Å². The summed E-state index contributed by atoms with van der Waals surface area (Å²) in [5.74, 6) is 0.988. The Morgan fingerprint density at radius 1 is 0.970 bits per heavy atom. The van der Waals surface area contributed by atoms with Crippen LogP contribution in [0.15, 0.2) is 72.8 Å². The molecule has 0 radical (unpaired) electrons. The van der Waals surface area contributed by atoms with Crippen LogP contribution in [0.2, 0.25) is 0 Å². The van der Waals surface area contributed by atoms with Crippen molar-refractivity contribution in [3.05, 3.63) is 95.1 Å². The summed E-state index contributed by atoms with van der Waals surface area (Å²) in [7, 11) is 0. The molecule has 0 aliphatic heterocycles. The van der Waals surface area contributed by atoms with Gasteiger partial charge in [-0.05, 0) is 78.2 Å². The molecule has 0 bridgehead atoms. The van der Waals surface area contributed by atoms with Gasteiger partial charge in [0.1, 0.15) is 18.1 Å². The van der Waals surface area contributed by atoms with Gasteiger partial charge in [-0.25, -0.2) is 0 Å². The van der Waals surface area contributed by atoms with Crippen molar-refractivity contribution in [2.75, 3.05) is 19.7 Å². The number of rotatable bonds is 10. The van der Waals surface area contributed by atoms with Crippen LogP contribution in [0.1, 0.15) is 53.4 Å². The molecule has 0 aromatic heterocycles. The molecule has 0 fully saturated rings. The highest BCUT2D eigenvalue weighted by atomic mass is 16.5. The van der Waals surface area contributed by atoms with Crippen LogP contribution in [0.4, 0.5) is 0 Å². The van der Waals surface area contributed by atoms with Gasteiger partial charge in [-0.1, -0.05) is 48.5 Å². The molecular weight excluding hydrogens is 414 g/mol. The van der Waals surface area contributed by atoms with Crippen molar-refractivity contribution in [1.29, 1.82) is 0 Å². The number of ether oxygens (including phenoxy) is 1. The fourth-order valence-electron chi connectivity index (χ4n) is 4.78. The van der Waals surface area contributed by atoms with Crippen molar-refractivity contribution in [3.8, 4) is 11.5 Å². The maximum atomic E-state index is 10.5. The lowest BCUT2D eigenvalue weighted by atomic mass is 9.69. The van der Waals surface area contributed by atoms with Crippen molar-refractivity contribution in [3.63, 3.8) is 0 Å². The Hall–Kier alpha value is -3.31. The normalized spacial score (nSPS) is 17.3. The average Bonchev–Trinajstić information content (AvgIpc) is 2.83. The van der Waals surface area contributed by atoms with Crippen molar-refractivity contribution in [2.45, 2.75) is 37.5 Å². The van der Waals surface area contributed by atoms with Crippen LogP contribution in [-0.2, 0) is 11.2 Å². The Bertz CT molecular complexity index is 1050. The van der Waals surface area contributed by atoms with Crippen molar-refractivity contribution >= 4 is 5.97 Å². The lowest BCUT2D eigenvalue weighted by Gasteiger charge is -2.34. The van der Waals surface area contributed by atoms with Crippen LogP contribution in [0.25, 0.3) is 0 Å². The number of benzene rings is 3. The van der Waals surface area contributed by atoms with Gasteiger partial charge in [-0.3, -0.25) is 4.79 Å². The number of carboxylic acid groups (broad SMARTS) is 1. The molecule has 33 heavy (non-hydrogen) atoms. The predicted octanol–water partition coefficient (Wildman–Crippen LogP) is 5.09. The van der Waals surface area contributed by atoms with Crippen LogP contribution in [0.3, 0.4) is 0 Å². The summed E-state index contributed by atoms with van der Waals surface area (Å²) in [5, 5.41) is 21.9. The molecular formula is C28H31NO4. The molecule has 1 aliphatic carbocycles. The van der Waals surface area contributed by atoms with Gasteiger partial charge in [0.15, 0.2) is 0 Å². The van der Waals surface area contributed by atoms with Crippen molar-refractivity contribution in [1.82, 2.24) is 5.32 Å². The molecule has 3 aromatic carbocycles. The molecule has 2 atom stereocenters. The third kappa shape index (κ3) is 5.93. The van der Waals surface area contributed by atoms with Gasteiger partial charge in [-0.15, -0.1) is 0 Å². The number of hydrogen-bond acceptors (Lipinski definition) is 4. The number of phenolic OH excluding ortho intramolecular Hbond substituents is 1. The smallest absolute Gasteiger partial charge is 0.303 e. The number of aromatic hydroxyl groups is 1. The molecule has 0 saturated carbocycles. The van der Waals surface area contributed by atoms with E-state index in [2.05, 4.69) is 53.8 Å². The fraction of sp³-hybridized carbons (Fsp3) is 0.321. The minimum Gasteiger partial charge on any atom is -0.508 e. The molecule has 5 nitrogen and oxygen atoms in total. The monoisotopic (exact) mass is 445 g/mol. The van der Waals surface area contributed by atoms with Gasteiger partial charge in [0.05, 0.1) is 0 Å². The van der Waals surface area contributed by atoms with Crippen LogP contribution in [-0.4, -0.2) is 35.9 Å². The molecule has 0 heterocycles. The van der Waals surface area contributed by atoms with Gasteiger partial charge in [0, 0.05) is 18.9 Å². The second-order valence-corrected chi connectivity index (χ2v) is 8.58. The Morgan fingerprint density at radius 3 is 2.52 bits per heavy atom. The van der Waals surface area contributed by atoms with E-state index in [1.165, 1.54) is 22.3 Å². The van der Waals surface area contributed by atoms with Crippen LogP contribution >= 0.6 is 0 Å². The second kappa shape index (κ2) is 11.0. The molecule has 3 N–H and O–H groups in total. The first-order valence-corrected chi connectivity index (χ1v) is 11.6. The Labute approximate surface area is 195 Å². The number of carbonyl (C=O) groups is 1. The highest BCUT2D eigenvalue weighted by molar-refractivity contribution is 5.66. The first-order chi connectivity index (χ1) is 16.1. The van der Waals surface area contributed by atoms with E-state index in [-0.39, 0.29) is 12.3 Å². The maximum Gasteiger partial charge on any atom is 0.303 e. The molecule has 5 heteroatoms. The summed E-state index contributed by atoms with van der Waals surface area (Å²) in [6.07, 6.45) is 2.80. The zero-order valence-corrected chi connectivity index (χ0v) is 18.7. The van der Waals surface area contributed by atoms with E-state index >= 15 is 0 Å². The molecule has 0 saturated heterocycles. The lowest BCUT2D eigenvalue weighted by molar-refractivity contribution is -0.137. The van der Waals surface area contributed by atoms with Gasteiger partial charge in [0.25, 0.3) is 0 Å². The summed E-state index contributed by atoms with van der Waals surface area (Å²) in [5.41, 5.74) is 5.10. The third-order valence-corrected chi connectivity index (χ3v) is 6.35. The van der Waals surface area contributed by atoms with Gasteiger partial charge >= 0.3 is 5.97 Å². The summed E-state index contributed by atoms with van der Waals surface area (Å²) < 4.78 is 5.86. The summed E-state index contributed by atoms with van der Waals surface area (Å²) in [6, 6.07) is 24.8. The van der Waals surface area contributed by atoms with E-state index < -0.39 is 5.97 Å². The molecule has 3 aromatic rings. The zero-order valence-electron chi connectivity index (χ0n) is 18.7. The van der Waals surface area contributed by atoms with E-state index in [0.29, 0.717) is 37.8 Å². The van der Waals surface area contributed by atoms with Crippen LogP contribution < -0.4 is 10.1 Å². The highest BCUT2D eigenvalue weighted by Crippen LogP contribution is 2.47. The predicted molar refractivity (Wildman–Crippen MR) is 129 cm³/mol. The van der Waals surface area contributed by atoms with E-state index in [4.69, 9.17) is 9.84 Å². The molecule has 4 rings (SSSR count). The number of aryl methyl sites for hydroxylation is 1. The number of carboxylic acids is 1. The summed E-state index contributed by atoms with van der Waals surface area (Å²) in [4.78, 5) is 10.5. The Balaban J connectivity index is 1.45. The number of phenols is 1. The fourth-order valence-corrected chi connectivity index (χ4v) is 4.78. The van der Waals surface area contributed by atoms with E-state index in [0.717, 1.165) is 18.6 Å². The van der Waals surface area contributed by atoms with E-state index in [9.17, 15) is 9.90 Å². The van der Waals surface area contributed by atoms with E-state index in [1.54, 1.807) is 6.07 Å². The first-order valence-electron chi connectivity index (χ1n) is 11.6. The topological polar surface area (TPSA) is 78.8 Å². The first kappa shape index (κ1) is 22.9. The summed E-state index contributed by atoms with van der Waals surface area (Å²) >= 11 is 0.